The third-order valence-corrected chi connectivity index (χ3v) is 10.0. The van der Waals surface area contributed by atoms with Crippen LogP contribution in [0.15, 0.2) is 23.8 Å². The molecule has 19 nitrogen and oxygen atoms in total. The summed E-state index contributed by atoms with van der Waals surface area (Å²) in [5, 5.41) is 0. The number of hydrogen-bond acceptors (Lipinski definition) is 16. The maximum Gasteiger partial charge on any atom is 0.325 e. The first-order valence-electron chi connectivity index (χ1n) is 13.1. The van der Waals surface area contributed by atoms with Crippen molar-refractivity contribution in [3.63, 3.8) is 0 Å². The number of aromatic nitrogens is 8. The lowest BCUT2D eigenvalue weighted by molar-refractivity contribution is -0.182. The number of ether oxygens (including phenoxy) is 3. The highest BCUT2D eigenvalue weighted by Crippen LogP contribution is 2.56. The molecule has 10 atom stereocenters. The van der Waals surface area contributed by atoms with E-state index < -0.39 is 76.6 Å². The number of nitrogens with one attached hydrogen (secondary N) is 1. The van der Waals surface area contributed by atoms with Gasteiger partial charge in [0.2, 0.25) is 5.95 Å². The van der Waals surface area contributed by atoms with Gasteiger partial charge in [-0.05, 0) is 11.8 Å². The monoisotopic (exact) mass is 672 g/mol. The minimum absolute atomic E-state index is 0.0224. The largest absolute Gasteiger partial charge is 0.382 e. The number of rotatable bonds is 2. The maximum absolute atomic E-state index is 15.8. The Labute approximate surface area is 251 Å². The minimum Gasteiger partial charge on any atom is -0.382 e. The Kier molecular flexibility index (Phi) is 6.75. The van der Waals surface area contributed by atoms with Crippen molar-refractivity contribution in [2.45, 2.75) is 48.6 Å². The van der Waals surface area contributed by atoms with Crippen molar-refractivity contribution in [1.82, 2.24) is 39.0 Å². The molecule has 8 heterocycles. The number of alkyl halides is 1. The van der Waals surface area contributed by atoms with Crippen molar-refractivity contribution in [2.24, 2.45) is 0 Å². The molecule has 0 amide bonds. The van der Waals surface area contributed by atoms with Crippen LogP contribution in [0.5, 0.6) is 0 Å². The van der Waals surface area contributed by atoms with Gasteiger partial charge in [0.15, 0.2) is 50.3 Å². The van der Waals surface area contributed by atoms with E-state index in [1.807, 2.05) is 0 Å². The Morgan fingerprint density at radius 2 is 1.91 bits per heavy atom. The van der Waals surface area contributed by atoms with Crippen LogP contribution in [0.2, 0.25) is 0 Å². The SMILES string of the molecule is Nc1nc2c(ncn2[C@@H]2O[C@@H]3COP(O)(=S)O[C@H]4[C@H]5OC[C@]4(COPO[C@@H]2[C@@H]3F)O[C@H]5n2cnc3c(N)ncnc32)c(=O)[nH]1. The molecule has 6 N–H and O–H groups in total. The van der Waals surface area contributed by atoms with Crippen molar-refractivity contribution < 1.29 is 41.6 Å². The summed E-state index contributed by atoms with van der Waals surface area (Å²) >= 11 is 5.33. The van der Waals surface area contributed by atoms with Crippen molar-refractivity contribution in [2.75, 3.05) is 31.3 Å². The number of anilines is 2. The summed E-state index contributed by atoms with van der Waals surface area (Å²) in [4.78, 5) is 46.5. The lowest BCUT2D eigenvalue weighted by atomic mass is 10.0. The van der Waals surface area contributed by atoms with Crippen molar-refractivity contribution in [1.29, 1.82) is 0 Å². The van der Waals surface area contributed by atoms with E-state index in [0.29, 0.717) is 11.2 Å². The summed E-state index contributed by atoms with van der Waals surface area (Å²) in [6.45, 7) is -4.66. The molecular formula is C21H23FN10O9P2S. The van der Waals surface area contributed by atoms with E-state index in [-0.39, 0.29) is 36.1 Å². The molecule has 4 aromatic heterocycles. The second-order valence-electron chi connectivity index (χ2n) is 10.5. The molecule has 234 valence electrons. The first-order chi connectivity index (χ1) is 21.1. The van der Waals surface area contributed by atoms with E-state index in [1.165, 1.54) is 23.5 Å². The van der Waals surface area contributed by atoms with Gasteiger partial charge in [0.05, 0.1) is 32.5 Å². The zero-order valence-electron chi connectivity index (χ0n) is 22.1. The van der Waals surface area contributed by atoms with Gasteiger partial charge in [-0.15, -0.1) is 0 Å². The summed E-state index contributed by atoms with van der Waals surface area (Å²) in [5.41, 5.74) is 10.6. The second kappa shape index (κ2) is 10.4. The fourth-order valence-corrected chi connectivity index (χ4v) is 8.01. The molecule has 4 fully saturated rings. The lowest BCUT2D eigenvalue weighted by Gasteiger charge is -2.32. The van der Waals surface area contributed by atoms with E-state index in [0.717, 1.165) is 0 Å². The smallest absolute Gasteiger partial charge is 0.325 e. The van der Waals surface area contributed by atoms with Gasteiger partial charge in [0.1, 0.15) is 41.9 Å². The maximum atomic E-state index is 15.8. The first-order valence-corrected chi connectivity index (χ1v) is 16.5. The molecule has 4 bridgehead atoms. The lowest BCUT2D eigenvalue weighted by Crippen LogP contribution is -2.45. The highest BCUT2D eigenvalue weighted by atomic mass is 32.5. The van der Waals surface area contributed by atoms with Gasteiger partial charge < -0.3 is 44.1 Å². The number of aromatic amines is 1. The molecule has 2 unspecified atom stereocenters. The van der Waals surface area contributed by atoms with Crippen LogP contribution in [-0.2, 0) is 44.1 Å². The van der Waals surface area contributed by atoms with Crippen LogP contribution in [-0.4, -0.2) is 99.9 Å². The minimum atomic E-state index is -4.04. The first kappa shape index (κ1) is 28.6. The average Bonchev–Trinajstić information content (AvgIpc) is 3.78. The van der Waals surface area contributed by atoms with Crippen LogP contribution in [0.25, 0.3) is 22.3 Å². The number of H-pyrrole nitrogens is 1. The van der Waals surface area contributed by atoms with Crippen molar-refractivity contribution in [3.8, 4) is 0 Å². The number of nitrogen functional groups attached to an aromatic ring is 2. The van der Waals surface area contributed by atoms with Gasteiger partial charge in [-0.1, -0.05) is 0 Å². The second-order valence-corrected chi connectivity index (χ2v) is 13.9. The highest BCUT2D eigenvalue weighted by Gasteiger charge is 2.65. The molecule has 4 aliphatic heterocycles. The molecule has 23 heteroatoms. The Morgan fingerprint density at radius 1 is 1.11 bits per heavy atom. The zero-order valence-corrected chi connectivity index (χ0v) is 24.8. The van der Waals surface area contributed by atoms with E-state index in [2.05, 4.69) is 29.9 Å². The van der Waals surface area contributed by atoms with Crippen LogP contribution in [0.1, 0.15) is 12.5 Å². The molecule has 4 aromatic rings. The van der Waals surface area contributed by atoms with Crippen LogP contribution < -0.4 is 17.0 Å². The number of hydrogen-bond donors (Lipinski definition) is 4. The van der Waals surface area contributed by atoms with Gasteiger partial charge in [0, 0.05) is 0 Å². The van der Waals surface area contributed by atoms with Gasteiger partial charge >= 0.3 is 6.72 Å². The Hall–Kier alpha value is -2.81. The topological polar surface area (TPSA) is 244 Å². The molecule has 8 rings (SSSR count). The number of nitrogens with two attached hydrogens (primary N) is 2. The Balaban J connectivity index is 1.09. The summed E-state index contributed by atoms with van der Waals surface area (Å²) in [7, 11) is -0.704. The van der Waals surface area contributed by atoms with Gasteiger partial charge in [-0.3, -0.25) is 23.4 Å². The fourth-order valence-electron chi connectivity index (χ4n) is 5.82. The fraction of sp³-hybridized carbons (Fsp3) is 0.524. The van der Waals surface area contributed by atoms with Gasteiger partial charge in [0.25, 0.3) is 5.56 Å². The normalized spacial score (nSPS) is 38.1. The predicted molar refractivity (Wildman–Crippen MR) is 150 cm³/mol. The van der Waals surface area contributed by atoms with E-state index >= 15 is 4.39 Å². The molecule has 4 saturated heterocycles. The Morgan fingerprint density at radius 3 is 2.75 bits per heavy atom. The molecule has 0 aliphatic carbocycles. The quantitative estimate of drug-likeness (QED) is 0.197. The van der Waals surface area contributed by atoms with Crippen LogP contribution >= 0.6 is 15.8 Å². The summed E-state index contributed by atoms with van der Waals surface area (Å²) in [5.74, 6) is 0.0223. The average molecular weight is 672 g/mol. The van der Waals surface area contributed by atoms with Gasteiger partial charge in [-0.2, -0.15) is 4.98 Å². The third kappa shape index (κ3) is 4.46. The molecule has 0 radical (unpaired) electrons. The summed E-state index contributed by atoms with van der Waals surface area (Å²) in [6, 6.07) is 0. The third-order valence-electron chi connectivity index (χ3n) is 7.83. The Bertz CT molecular complexity index is 1880. The standard InChI is InChI=1S/C21H23FN10O9P2S/c22-8-7-1-37-43(34,44)41-13-12-19(31-5-27-9-14(23)25-4-26-15(9)31)39-21(13,2-35-12)3-36-42-40-11(8)18(38-7)32-6-28-10-16(32)29-20(24)30-17(10)33/h4-8,11-13,18-19,42H,1-3H2,(H,34,44)(H2,23,25,26)(H3,24,29,30,33)/t7-,8-,11-,12-,13+,18-,19-,21-,43?/m1/s1. The van der Waals surface area contributed by atoms with Crippen LogP contribution in [0, 0.1) is 0 Å². The van der Waals surface area contributed by atoms with E-state index in [9.17, 15) is 9.69 Å². The molecule has 0 spiro atoms. The van der Waals surface area contributed by atoms with Crippen molar-refractivity contribution >= 4 is 61.7 Å². The van der Waals surface area contributed by atoms with Crippen molar-refractivity contribution in [3.05, 3.63) is 29.3 Å². The van der Waals surface area contributed by atoms with Crippen LogP contribution in [0.4, 0.5) is 16.2 Å². The van der Waals surface area contributed by atoms with Gasteiger partial charge in [-0.25, -0.2) is 24.3 Å². The molecular weight excluding hydrogens is 649 g/mol. The predicted octanol–water partition coefficient (Wildman–Crippen LogP) is -0.432. The van der Waals surface area contributed by atoms with E-state index in [1.54, 1.807) is 4.57 Å². The molecule has 0 aromatic carbocycles. The zero-order chi connectivity index (χ0) is 30.4. The molecule has 0 saturated carbocycles. The molecule has 4 aliphatic rings. The number of fused-ring (bicyclic) bond motifs is 4. The molecule has 44 heavy (non-hydrogen) atoms. The number of imidazole rings is 2. The van der Waals surface area contributed by atoms with E-state index in [4.69, 9.17) is 55.6 Å². The highest BCUT2D eigenvalue weighted by molar-refractivity contribution is 8.07. The summed E-state index contributed by atoms with van der Waals surface area (Å²) < 4.78 is 60.5. The number of nitrogens with zero attached hydrogens (tertiary/aromatic N) is 7. The summed E-state index contributed by atoms with van der Waals surface area (Å²) in [6.07, 6.45) is -3.97. The number of halogens is 1. The van der Waals surface area contributed by atoms with Crippen LogP contribution in [0.3, 0.4) is 0 Å².